The van der Waals surface area contributed by atoms with Gasteiger partial charge < -0.3 is 14.8 Å². The van der Waals surface area contributed by atoms with Crippen molar-refractivity contribution < 1.29 is 0 Å². The Hall–Kier alpha value is -2.92. The van der Waals surface area contributed by atoms with Crippen molar-refractivity contribution in [1.29, 1.82) is 0 Å². The van der Waals surface area contributed by atoms with Gasteiger partial charge in [0, 0.05) is 43.0 Å². The number of pyridine rings is 1. The Balaban J connectivity index is 1.44. The molecular formula is C27H33N5. The van der Waals surface area contributed by atoms with E-state index in [2.05, 4.69) is 77.4 Å². The molecule has 0 bridgehead atoms. The highest BCUT2D eigenvalue weighted by Crippen LogP contribution is 2.32. The second-order valence-corrected chi connectivity index (χ2v) is 9.18. The third kappa shape index (κ3) is 3.75. The molecule has 5 rings (SSSR count). The van der Waals surface area contributed by atoms with Gasteiger partial charge in [0.05, 0.1) is 17.1 Å². The van der Waals surface area contributed by atoms with Gasteiger partial charge in [-0.1, -0.05) is 18.7 Å². The second kappa shape index (κ2) is 8.55. The second-order valence-electron chi connectivity index (χ2n) is 9.18. The molecule has 2 aromatic heterocycles. The molecule has 0 unspecified atom stereocenters. The fraction of sp³-hybridized carbons (Fsp3) is 0.407. The van der Waals surface area contributed by atoms with E-state index in [0.717, 1.165) is 71.5 Å². The quantitative estimate of drug-likeness (QED) is 0.572. The van der Waals surface area contributed by atoms with Crippen LogP contribution in [0.15, 0.2) is 54.2 Å². The van der Waals surface area contributed by atoms with Crippen molar-refractivity contribution in [3.05, 3.63) is 66.0 Å². The number of nitrogens with one attached hydrogen (secondary N) is 1. The Morgan fingerprint density at radius 3 is 2.97 bits per heavy atom. The van der Waals surface area contributed by atoms with E-state index in [1.807, 2.05) is 12.3 Å². The summed E-state index contributed by atoms with van der Waals surface area (Å²) in [5, 5.41) is 4.82. The molecule has 2 aliphatic rings. The zero-order valence-electron chi connectivity index (χ0n) is 19.4. The molecule has 2 atom stereocenters. The molecular weight excluding hydrogens is 394 g/mol. The molecule has 0 radical (unpaired) electrons. The van der Waals surface area contributed by atoms with E-state index in [9.17, 15) is 0 Å². The SMILES string of the molecule is C=C(c1ccc(C)c(N=C(C)c2cc3cccnc3n2CC)c1)N1CC[C@@H]2CCN[C@@H]2C1. The third-order valence-electron chi connectivity index (χ3n) is 7.23. The van der Waals surface area contributed by atoms with Gasteiger partial charge in [-0.15, -0.1) is 0 Å². The lowest BCUT2D eigenvalue weighted by Crippen LogP contribution is -2.45. The van der Waals surface area contributed by atoms with Crippen molar-refractivity contribution in [2.45, 2.75) is 46.2 Å². The number of aryl methyl sites for hydroxylation is 2. The van der Waals surface area contributed by atoms with Gasteiger partial charge in [0.2, 0.25) is 0 Å². The van der Waals surface area contributed by atoms with Crippen LogP contribution in [-0.2, 0) is 6.54 Å². The number of hydrogen-bond acceptors (Lipinski definition) is 4. The number of likely N-dealkylation sites (tertiary alicyclic amines) is 1. The molecule has 0 aliphatic carbocycles. The average molecular weight is 428 g/mol. The maximum Gasteiger partial charge on any atom is 0.140 e. The molecule has 5 heteroatoms. The van der Waals surface area contributed by atoms with Crippen LogP contribution in [0.2, 0.25) is 0 Å². The van der Waals surface area contributed by atoms with Crippen molar-refractivity contribution >= 4 is 28.1 Å². The number of nitrogens with zero attached hydrogens (tertiary/aromatic N) is 4. The smallest absolute Gasteiger partial charge is 0.140 e. The maximum absolute atomic E-state index is 5.07. The summed E-state index contributed by atoms with van der Waals surface area (Å²) >= 11 is 0. The van der Waals surface area contributed by atoms with Crippen molar-refractivity contribution in [1.82, 2.24) is 19.8 Å². The fourth-order valence-corrected chi connectivity index (χ4v) is 5.31. The van der Waals surface area contributed by atoms with Crippen molar-refractivity contribution in [3.8, 4) is 0 Å². The lowest BCUT2D eigenvalue weighted by molar-refractivity contribution is 0.231. The predicted molar refractivity (Wildman–Crippen MR) is 134 cm³/mol. The lowest BCUT2D eigenvalue weighted by atomic mass is 9.92. The van der Waals surface area contributed by atoms with E-state index < -0.39 is 0 Å². The van der Waals surface area contributed by atoms with Crippen LogP contribution in [0.4, 0.5) is 5.69 Å². The first-order chi connectivity index (χ1) is 15.5. The largest absolute Gasteiger partial charge is 0.370 e. The molecule has 2 aliphatic heterocycles. The Kier molecular flexibility index (Phi) is 5.60. The Morgan fingerprint density at radius 2 is 2.12 bits per heavy atom. The molecule has 2 saturated heterocycles. The number of fused-ring (bicyclic) bond motifs is 2. The van der Waals surface area contributed by atoms with E-state index in [0.29, 0.717) is 6.04 Å². The van der Waals surface area contributed by atoms with Gasteiger partial charge in [0.15, 0.2) is 0 Å². The molecule has 3 aromatic rings. The summed E-state index contributed by atoms with van der Waals surface area (Å²) in [5.41, 5.74) is 7.60. The number of rotatable bonds is 5. The number of benzene rings is 1. The van der Waals surface area contributed by atoms with Crippen LogP contribution in [-0.4, -0.2) is 45.8 Å². The molecule has 166 valence electrons. The molecule has 32 heavy (non-hydrogen) atoms. The van der Waals surface area contributed by atoms with Crippen molar-refractivity contribution in [3.63, 3.8) is 0 Å². The highest BCUT2D eigenvalue weighted by atomic mass is 15.2. The first kappa shape index (κ1) is 21.0. The topological polar surface area (TPSA) is 45.5 Å². The lowest BCUT2D eigenvalue weighted by Gasteiger charge is -2.37. The standard InChI is InChI=1S/C27H33N5/c1-5-32-26(16-23-7-6-12-29-27(23)32)19(3)30-24-15-22(9-8-18(24)2)20(4)31-14-11-21-10-13-28-25(21)17-31/h6-9,12,15-16,21,25,28H,4-5,10-11,13-14,17H2,1-3H3/t21-,25+/m0/s1. The van der Waals surface area contributed by atoms with Crippen LogP contribution in [0.3, 0.4) is 0 Å². The van der Waals surface area contributed by atoms with E-state index >= 15 is 0 Å². The average Bonchev–Trinajstić information content (AvgIpc) is 3.43. The Bertz CT molecular complexity index is 1190. The first-order valence-electron chi connectivity index (χ1n) is 11.8. The van der Waals surface area contributed by atoms with E-state index in [1.54, 1.807) is 0 Å². The summed E-state index contributed by atoms with van der Waals surface area (Å²) in [6.07, 6.45) is 4.42. The maximum atomic E-state index is 5.07. The highest BCUT2D eigenvalue weighted by Gasteiger charge is 2.33. The minimum Gasteiger partial charge on any atom is -0.370 e. The van der Waals surface area contributed by atoms with Gasteiger partial charge in [0.1, 0.15) is 5.65 Å². The van der Waals surface area contributed by atoms with Crippen LogP contribution in [0.25, 0.3) is 16.7 Å². The van der Waals surface area contributed by atoms with Crippen LogP contribution < -0.4 is 5.32 Å². The summed E-state index contributed by atoms with van der Waals surface area (Å²) in [5.74, 6) is 0.833. The van der Waals surface area contributed by atoms with Gasteiger partial charge in [0.25, 0.3) is 0 Å². The first-order valence-corrected chi connectivity index (χ1v) is 11.8. The number of hydrogen-bond donors (Lipinski definition) is 1. The molecule has 1 N–H and O–H groups in total. The van der Waals surface area contributed by atoms with Crippen LogP contribution in [0.1, 0.15) is 43.5 Å². The van der Waals surface area contributed by atoms with Gasteiger partial charge in [-0.25, -0.2) is 4.98 Å². The molecule has 1 aromatic carbocycles. The zero-order valence-corrected chi connectivity index (χ0v) is 19.4. The zero-order chi connectivity index (χ0) is 22.2. The van der Waals surface area contributed by atoms with Crippen molar-refractivity contribution in [2.75, 3.05) is 19.6 Å². The molecule has 0 saturated carbocycles. The molecule has 5 nitrogen and oxygen atoms in total. The molecule has 4 heterocycles. The van der Waals surface area contributed by atoms with Crippen molar-refractivity contribution in [2.24, 2.45) is 10.9 Å². The highest BCUT2D eigenvalue weighted by molar-refractivity contribution is 6.02. The van der Waals surface area contributed by atoms with Crippen LogP contribution in [0, 0.1) is 12.8 Å². The summed E-state index contributed by atoms with van der Waals surface area (Å²) in [6.45, 7) is 15.0. The Labute approximate surface area is 190 Å². The van der Waals surface area contributed by atoms with Gasteiger partial charge in [-0.2, -0.15) is 0 Å². The number of aromatic nitrogens is 2. The Morgan fingerprint density at radius 1 is 1.25 bits per heavy atom. The molecule has 2 fully saturated rings. The monoisotopic (exact) mass is 427 g/mol. The molecule has 0 spiro atoms. The normalized spacial score (nSPS) is 21.2. The summed E-state index contributed by atoms with van der Waals surface area (Å²) in [6, 6.07) is 13.5. The summed E-state index contributed by atoms with van der Waals surface area (Å²) in [4.78, 5) is 12.1. The van der Waals surface area contributed by atoms with E-state index in [4.69, 9.17) is 4.99 Å². The van der Waals surface area contributed by atoms with E-state index in [1.165, 1.54) is 18.4 Å². The minimum atomic E-state index is 0.607. The number of piperidine rings is 1. The third-order valence-corrected chi connectivity index (χ3v) is 7.23. The molecule has 0 amide bonds. The summed E-state index contributed by atoms with van der Waals surface area (Å²) in [7, 11) is 0. The predicted octanol–water partition coefficient (Wildman–Crippen LogP) is 5.16. The minimum absolute atomic E-state index is 0.607. The summed E-state index contributed by atoms with van der Waals surface area (Å²) < 4.78 is 2.24. The van der Waals surface area contributed by atoms with E-state index in [-0.39, 0.29) is 0 Å². The van der Waals surface area contributed by atoms with Crippen LogP contribution >= 0.6 is 0 Å². The fourth-order valence-electron chi connectivity index (χ4n) is 5.31. The van der Waals surface area contributed by atoms with Crippen LogP contribution in [0.5, 0.6) is 0 Å². The van der Waals surface area contributed by atoms with Gasteiger partial charge >= 0.3 is 0 Å². The van der Waals surface area contributed by atoms with Gasteiger partial charge in [-0.05, 0) is 81.5 Å². The number of aliphatic imine (C=N–C) groups is 1. The van der Waals surface area contributed by atoms with Gasteiger partial charge in [-0.3, -0.25) is 4.99 Å².